The first kappa shape index (κ1) is 18.9. The number of aromatic nitrogens is 1. The Labute approximate surface area is 165 Å². The average Bonchev–Trinajstić information content (AvgIpc) is 3.20. The minimum atomic E-state index is -0.372. The maximum Gasteiger partial charge on any atom is 0.269 e. The third-order valence-electron chi connectivity index (χ3n) is 5.46. The first-order valence-corrected chi connectivity index (χ1v) is 10.1. The molecule has 0 aliphatic carbocycles. The van der Waals surface area contributed by atoms with Crippen molar-refractivity contribution in [3.63, 3.8) is 0 Å². The van der Waals surface area contributed by atoms with Gasteiger partial charge in [-0.05, 0) is 30.5 Å². The zero-order chi connectivity index (χ0) is 19.2. The summed E-state index contributed by atoms with van der Waals surface area (Å²) in [5.41, 5.74) is 2.78. The van der Waals surface area contributed by atoms with E-state index in [0.29, 0.717) is 25.5 Å². The number of pyridine rings is 1. The van der Waals surface area contributed by atoms with Gasteiger partial charge in [-0.15, -0.1) is 0 Å². The summed E-state index contributed by atoms with van der Waals surface area (Å²) in [5, 5.41) is 2.95. The Bertz CT molecular complexity index is 763. The Morgan fingerprint density at radius 3 is 2.50 bits per heavy atom. The van der Waals surface area contributed by atoms with Gasteiger partial charge in [-0.2, -0.15) is 0 Å². The molecule has 28 heavy (non-hydrogen) atoms. The second-order valence-corrected chi connectivity index (χ2v) is 7.34. The molecule has 0 bridgehead atoms. The maximum absolute atomic E-state index is 12.3. The highest BCUT2D eigenvalue weighted by atomic mass is 16.7. The van der Waals surface area contributed by atoms with Crippen LogP contribution in [0, 0.1) is 0 Å². The second-order valence-electron chi connectivity index (χ2n) is 7.34. The monoisotopic (exact) mass is 381 g/mol. The van der Waals surface area contributed by atoms with Gasteiger partial charge in [0.25, 0.3) is 5.91 Å². The van der Waals surface area contributed by atoms with E-state index in [1.807, 2.05) is 24.3 Å². The lowest BCUT2D eigenvalue weighted by Gasteiger charge is -2.38. The molecule has 148 valence electrons. The summed E-state index contributed by atoms with van der Waals surface area (Å²) in [7, 11) is 0. The third-order valence-corrected chi connectivity index (χ3v) is 5.46. The molecule has 1 N–H and O–H groups in total. The third kappa shape index (κ3) is 4.51. The van der Waals surface area contributed by atoms with E-state index in [0.717, 1.165) is 44.5 Å². The number of amides is 1. The molecule has 2 saturated heterocycles. The number of nitrogens with zero attached hydrogens (tertiary/aromatic N) is 2. The van der Waals surface area contributed by atoms with Crippen molar-refractivity contribution in [2.45, 2.75) is 31.5 Å². The molecule has 1 aromatic heterocycles. The quantitative estimate of drug-likeness (QED) is 0.780. The topological polar surface area (TPSA) is 63.7 Å². The van der Waals surface area contributed by atoms with Gasteiger partial charge in [0.2, 0.25) is 0 Å². The number of carbonyl (C=O) groups excluding carboxylic acids is 1. The van der Waals surface area contributed by atoms with Gasteiger partial charge >= 0.3 is 0 Å². The van der Waals surface area contributed by atoms with Crippen molar-refractivity contribution in [1.29, 1.82) is 0 Å². The summed E-state index contributed by atoms with van der Waals surface area (Å²) < 4.78 is 11.5. The minimum absolute atomic E-state index is 0.120. The molecule has 1 amide bonds. The summed E-state index contributed by atoms with van der Waals surface area (Å²) in [6.07, 6.45) is 5.37. The fourth-order valence-electron chi connectivity index (χ4n) is 3.83. The van der Waals surface area contributed by atoms with E-state index in [9.17, 15) is 4.79 Å². The first-order valence-electron chi connectivity index (χ1n) is 10.1. The Balaban J connectivity index is 1.23. The molecule has 3 heterocycles. The normalized spacial score (nSPS) is 18.4. The van der Waals surface area contributed by atoms with Crippen molar-refractivity contribution < 1.29 is 14.3 Å². The molecule has 1 spiro atoms. The number of hydrogen-bond acceptors (Lipinski definition) is 5. The van der Waals surface area contributed by atoms with Gasteiger partial charge in [0.1, 0.15) is 5.69 Å². The standard InChI is InChI=1S/C22H27N3O3/c26-21(23-12-4-7-18-5-2-1-3-6-18)20-9-8-19(17-24-20)25-13-10-22(11-14-25)27-15-16-28-22/h1-3,5-6,8-9,17H,4,7,10-16H2,(H,23,26). The van der Waals surface area contributed by atoms with Crippen LogP contribution in [0.5, 0.6) is 0 Å². The lowest BCUT2D eigenvalue weighted by atomic mass is 10.0. The number of nitrogens with one attached hydrogen (secondary N) is 1. The predicted molar refractivity (Wildman–Crippen MR) is 107 cm³/mol. The number of ether oxygens (including phenoxy) is 2. The van der Waals surface area contributed by atoms with E-state index < -0.39 is 0 Å². The Kier molecular flexibility index (Phi) is 5.88. The van der Waals surface area contributed by atoms with Crippen LogP contribution in [0.2, 0.25) is 0 Å². The van der Waals surface area contributed by atoms with Crippen LogP contribution in [0.1, 0.15) is 35.3 Å². The van der Waals surface area contributed by atoms with Crippen LogP contribution in [0.15, 0.2) is 48.7 Å². The van der Waals surface area contributed by atoms with Gasteiger partial charge in [-0.3, -0.25) is 4.79 Å². The van der Waals surface area contributed by atoms with Crippen molar-refractivity contribution in [2.24, 2.45) is 0 Å². The van der Waals surface area contributed by atoms with Crippen molar-refractivity contribution in [3.8, 4) is 0 Å². The first-order chi connectivity index (χ1) is 13.7. The lowest BCUT2D eigenvalue weighted by Crippen LogP contribution is -2.45. The number of anilines is 1. The highest BCUT2D eigenvalue weighted by Gasteiger charge is 2.39. The number of rotatable bonds is 6. The van der Waals surface area contributed by atoms with E-state index in [4.69, 9.17) is 9.47 Å². The summed E-state index contributed by atoms with van der Waals surface area (Å²) in [4.78, 5) is 18.9. The number of hydrogen-bond donors (Lipinski definition) is 1. The van der Waals surface area contributed by atoms with Gasteiger partial charge in [0, 0.05) is 32.5 Å². The van der Waals surface area contributed by atoms with E-state index in [-0.39, 0.29) is 11.7 Å². The molecule has 0 atom stereocenters. The number of benzene rings is 1. The molecule has 0 saturated carbocycles. The van der Waals surface area contributed by atoms with Crippen molar-refractivity contribution in [2.75, 3.05) is 37.7 Å². The Hall–Kier alpha value is -2.44. The van der Waals surface area contributed by atoms with Crippen molar-refractivity contribution >= 4 is 11.6 Å². The Morgan fingerprint density at radius 1 is 1.07 bits per heavy atom. The zero-order valence-corrected chi connectivity index (χ0v) is 16.1. The van der Waals surface area contributed by atoms with E-state index in [1.165, 1.54) is 5.56 Å². The molecule has 0 radical (unpaired) electrons. The molecule has 2 aliphatic heterocycles. The van der Waals surface area contributed by atoms with Crippen LogP contribution < -0.4 is 10.2 Å². The van der Waals surface area contributed by atoms with E-state index >= 15 is 0 Å². The van der Waals surface area contributed by atoms with Gasteiger partial charge in [0.15, 0.2) is 5.79 Å². The largest absolute Gasteiger partial charge is 0.370 e. The summed E-state index contributed by atoms with van der Waals surface area (Å²) >= 11 is 0. The molecule has 6 nitrogen and oxygen atoms in total. The molecule has 2 fully saturated rings. The van der Waals surface area contributed by atoms with Crippen LogP contribution in [0.3, 0.4) is 0 Å². The number of aryl methyl sites for hydroxylation is 1. The van der Waals surface area contributed by atoms with E-state index in [2.05, 4.69) is 27.3 Å². The maximum atomic E-state index is 12.3. The van der Waals surface area contributed by atoms with Gasteiger partial charge in [-0.1, -0.05) is 30.3 Å². The number of carbonyl (C=O) groups is 1. The lowest BCUT2D eigenvalue weighted by molar-refractivity contribution is -0.169. The SMILES string of the molecule is O=C(NCCCc1ccccc1)c1ccc(N2CCC3(CC2)OCCO3)cn1. The highest BCUT2D eigenvalue weighted by molar-refractivity contribution is 5.92. The van der Waals surface area contributed by atoms with Gasteiger partial charge in [0.05, 0.1) is 25.1 Å². The van der Waals surface area contributed by atoms with E-state index in [1.54, 1.807) is 12.3 Å². The van der Waals surface area contributed by atoms with Crippen molar-refractivity contribution in [1.82, 2.24) is 10.3 Å². The average molecular weight is 381 g/mol. The number of piperidine rings is 1. The predicted octanol–water partition coefficient (Wildman–Crippen LogP) is 2.79. The van der Waals surface area contributed by atoms with Crippen LogP contribution >= 0.6 is 0 Å². The molecule has 2 aliphatic rings. The summed E-state index contributed by atoms with van der Waals surface area (Å²) in [6, 6.07) is 14.1. The van der Waals surface area contributed by atoms with Gasteiger partial charge in [-0.25, -0.2) is 4.98 Å². The van der Waals surface area contributed by atoms with Crippen LogP contribution in [0.25, 0.3) is 0 Å². The molecular formula is C22H27N3O3. The summed E-state index contributed by atoms with van der Waals surface area (Å²) in [5.74, 6) is -0.492. The smallest absolute Gasteiger partial charge is 0.269 e. The molecule has 6 heteroatoms. The second kappa shape index (κ2) is 8.71. The minimum Gasteiger partial charge on any atom is -0.370 e. The fraction of sp³-hybridized carbons (Fsp3) is 0.455. The van der Waals surface area contributed by atoms with Crippen LogP contribution in [-0.2, 0) is 15.9 Å². The highest BCUT2D eigenvalue weighted by Crippen LogP contribution is 2.32. The van der Waals surface area contributed by atoms with Crippen LogP contribution in [0.4, 0.5) is 5.69 Å². The van der Waals surface area contributed by atoms with Gasteiger partial charge < -0.3 is 19.7 Å². The molecule has 2 aromatic rings. The van der Waals surface area contributed by atoms with Crippen LogP contribution in [-0.4, -0.2) is 49.5 Å². The molecular weight excluding hydrogens is 354 g/mol. The van der Waals surface area contributed by atoms with Crippen molar-refractivity contribution in [3.05, 3.63) is 59.9 Å². The summed E-state index contributed by atoms with van der Waals surface area (Å²) in [6.45, 7) is 3.76. The molecule has 1 aromatic carbocycles. The fourth-order valence-corrected chi connectivity index (χ4v) is 3.83. The Morgan fingerprint density at radius 2 is 1.82 bits per heavy atom. The molecule has 0 unspecified atom stereocenters. The zero-order valence-electron chi connectivity index (χ0n) is 16.1. The molecule has 4 rings (SSSR count).